The first-order valence-electron chi connectivity index (χ1n) is 7.13. The Balaban J connectivity index is 2.01. The topological polar surface area (TPSA) is 36.5 Å². The van der Waals surface area contributed by atoms with Gasteiger partial charge in [0.05, 0.1) is 8.15 Å². The molecule has 0 aromatic carbocycles. The molecule has 0 amide bonds. The van der Waals surface area contributed by atoms with Crippen LogP contribution in [0.2, 0.25) is 0 Å². The highest BCUT2D eigenvalue weighted by molar-refractivity contribution is 7.52. The fourth-order valence-electron chi connectivity index (χ4n) is 2.16. The lowest BCUT2D eigenvalue weighted by atomic mass is 9.97. The zero-order valence-corrected chi connectivity index (χ0v) is 13.3. The van der Waals surface area contributed by atoms with E-state index in [0.717, 1.165) is 19.0 Å². The molecule has 0 saturated carbocycles. The number of likely N-dealkylation sites (tertiary alicyclic amines) is 1. The Morgan fingerprint density at radius 1 is 1.33 bits per heavy atom. The van der Waals surface area contributed by atoms with Crippen molar-refractivity contribution in [3.8, 4) is 0 Å². The van der Waals surface area contributed by atoms with Crippen molar-refractivity contribution < 1.29 is 4.62 Å². The van der Waals surface area contributed by atoms with Gasteiger partial charge in [0.2, 0.25) is 0 Å². The molecule has 1 aliphatic heterocycles. The van der Waals surface area contributed by atoms with Gasteiger partial charge in [0, 0.05) is 13.1 Å². The molecule has 5 heteroatoms. The van der Waals surface area contributed by atoms with Crippen LogP contribution in [0, 0.1) is 5.92 Å². The second kappa shape index (κ2) is 9.22. The largest absolute Gasteiger partial charge is 0.319 e. The Morgan fingerprint density at radius 2 is 2.00 bits per heavy atom. The van der Waals surface area contributed by atoms with Crippen molar-refractivity contribution in [2.24, 2.45) is 5.92 Å². The van der Waals surface area contributed by atoms with E-state index >= 15 is 0 Å². The van der Waals surface area contributed by atoms with Gasteiger partial charge in [-0.25, -0.2) is 0 Å². The van der Waals surface area contributed by atoms with Crippen LogP contribution in [0.15, 0.2) is 0 Å². The third-order valence-corrected chi connectivity index (χ3v) is 5.54. The molecule has 1 heterocycles. The lowest BCUT2D eigenvalue weighted by molar-refractivity contribution is 0.153. The average Bonchev–Trinajstić information content (AvgIpc) is 2.36. The second-order valence-corrected chi connectivity index (χ2v) is 7.78. The highest BCUT2D eigenvalue weighted by Crippen LogP contribution is 2.35. The van der Waals surface area contributed by atoms with Gasteiger partial charge in [-0.1, -0.05) is 13.8 Å². The Hall–Kier alpha value is 0.270. The zero-order chi connectivity index (χ0) is 13.4. The first kappa shape index (κ1) is 16.3. The standard InChI is InChI=1S/C13H30N3OP/c1-12(2)18(4)17-15-7-10-16-8-5-13(6-9-16)11-14-3/h12-15H,5-11H2,1-4H3. The van der Waals surface area contributed by atoms with E-state index in [1.54, 1.807) is 0 Å². The van der Waals surface area contributed by atoms with Gasteiger partial charge in [-0.15, -0.1) is 0 Å². The predicted molar refractivity (Wildman–Crippen MR) is 80.2 cm³/mol. The third kappa shape index (κ3) is 6.44. The maximum absolute atomic E-state index is 5.63. The Bertz CT molecular complexity index is 208. The highest BCUT2D eigenvalue weighted by atomic mass is 31.1. The quantitative estimate of drug-likeness (QED) is 0.403. The van der Waals surface area contributed by atoms with E-state index in [2.05, 4.69) is 36.2 Å². The summed E-state index contributed by atoms with van der Waals surface area (Å²) in [6.45, 7) is 12.3. The summed E-state index contributed by atoms with van der Waals surface area (Å²) in [5.41, 5.74) is 3.75. The molecule has 18 heavy (non-hydrogen) atoms. The molecule has 0 aromatic heterocycles. The molecular formula is C13H30N3OP. The molecule has 1 saturated heterocycles. The molecule has 0 aliphatic carbocycles. The van der Waals surface area contributed by atoms with E-state index in [0.29, 0.717) is 5.66 Å². The number of hydroxylamine groups is 1. The van der Waals surface area contributed by atoms with Crippen molar-refractivity contribution in [1.82, 2.24) is 15.7 Å². The molecule has 4 nitrogen and oxygen atoms in total. The highest BCUT2D eigenvalue weighted by Gasteiger charge is 2.18. The molecule has 0 bridgehead atoms. The SMILES string of the molecule is CNCC1CCN(CCNOP(C)C(C)C)CC1. The Morgan fingerprint density at radius 3 is 2.56 bits per heavy atom. The van der Waals surface area contributed by atoms with Crippen LogP contribution in [0.25, 0.3) is 0 Å². The molecule has 1 aliphatic rings. The van der Waals surface area contributed by atoms with Gasteiger partial charge in [0.25, 0.3) is 0 Å². The van der Waals surface area contributed by atoms with Crippen molar-refractivity contribution in [3.05, 3.63) is 0 Å². The lowest BCUT2D eigenvalue weighted by Gasteiger charge is -2.31. The zero-order valence-electron chi connectivity index (χ0n) is 12.4. The molecule has 0 aromatic rings. The van der Waals surface area contributed by atoms with Crippen LogP contribution in [-0.2, 0) is 4.62 Å². The number of hydrogen-bond acceptors (Lipinski definition) is 4. The second-order valence-electron chi connectivity index (χ2n) is 5.47. The monoisotopic (exact) mass is 275 g/mol. The molecule has 2 N–H and O–H groups in total. The minimum atomic E-state index is -0.319. The molecule has 0 radical (unpaired) electrons. The number of rotatable bonds is 8. The Kier molecular flexibility index (Phi) is 8.36. The summed E-state index contributed by atoms with van der Waals surface area (Å²) in [5, 5.41) is 3.28. The number of hydrogen-bond donors (Lipinski definition) is 2. The maximum atomic E-state index is 5.63. The van der Waals surface area contributed by atoms with E-state index in [1.807, 2.05) is 7.05 Å². The molecule has 0 spiro atoms. The van der Waals surface area contributed by atoms with Gasteiger partial charge >= 0.3 is 0 Å². The predicted octanol–water partition coefficient (Wildman–Crippen LogP) is 1.87. The molecule has 108 valence electrons. The normalized spacial score (nSPS) is 20.5. The van der Waals surface area contributed by atoms with Crippen LogP contribution >= 0.6 is 8.15 Å². The van der Waals surface area contributed by atoms with Gasteiger partial charge in [-0.2, -0.15) is 5.48 Å². The van der Waals surface area contributed by atoms with E-state index in [4.69, 9.17) is 4.62 Å². The molecule has 1 unspecified atom stereocenters. The van der Waals surface area contributed by atoms with Crippen molar-refractivity contribution in [2.45, 2.75) is 32.3 Å². The summed E-state index contributed by atoms with van der Waals surface area (Å²) in [6, 6.07) is 0. The van der Waals surface area contributed by atoms with E-state index in [9.17, 15) is 0 Å². The number of nitrogens with one attached hydrogen (secondary N) is 2. The average molecular weight is 275 g/mol. The number of nitrogens with zero attached hydrogens (tertiary/aromatic N) is 1. The fraction of sp³-hybridized carbons (Fsp3) is 1.00. The number of piperidine rings is 1. The van der Waals surface area contributed by atoms with Crippen LogP contribution in [0.5, 0.6) is 0 Å². The van der Waals surface area contributed by atoms with Crippen molar-refractivity contribution in [1.29, 1.82) is 0 Å². The van der Waals surface area contributed by atoms with Crippen LogP contribution in [0.1, 0.15) is 26.7 Å². The van der Waals surface area contributed by atoms with Crippen molar-refractivity contribution >= 4 is 8.15 Å². The van der Waals surface area contributed by atoms with Gasteiger partial charge in [0.15, 0.2) is 0 Å². The molecule has 1 atom stereocenters. The fourth-order valence-corrected chi connectivity index (χ4v) is 2.67. The first-order valence-corrected chi connectivity index (χ1v) is 8.90. The van der Waals surface area contributed by atoms with E-state index in [-0.39, 0.29) is 8.15 Å². The minimum absolute atomic E-state index is 0.319. The summed E-state index contributed by atoms with van der Waals surface area (Å²) in [4.78, 5) is 2.54. The van der Waals surface area contributed by atoms with E-state index in [1.165, 1.54) is 32.5 Å². The smallest absolute Gasteiger partial charge is 0.0539 e. The summed E-state index contributed by atoms with van der Waals surface area (Å²) < 4.78 is 5.63. The van der Waals surface area contributed by atoms with Crippen molar-refractivity contribution in [2.75, 3.05) is 46.4 Å². The Labute approximate surface area is 114 Å². The summed E-state index contributed by atoms with van der Waals surface area (Å²) >= 11 is 0. The lowest BCUT2D eigenvalue weighted by Crippen LogP contribution is -2.40. The van der Waals surface area contributed by atoms with Gasteiger partial charge < -0.3 is 10.2 Å². The van der Waals surface area contributed by atoms with Gasteiger partial charge in [-0.3, -0.25) is 4.62 Å². The van der Waals surface area contributed by atoms with Crippen molar-refractivity contribution in [3.63, 3.8) is 0 Å². The van der Waals surface area contributed by atoms with Gasteiger partial charge in [0.1, 0.15) is 0 Å². The molecule has 1 rings (SSSR count). The van der Waals surface area contributed by atoms with Crippen LogP contribution in [0.3, 0.4) is 0 Å². The molecular weight excluding hydrogens is 245 g/mol. The summed E-state index contributed by atoms with van der Waals surface area (Å²) in [6.07, 6.45) is 2.66. The minimum Gasteiger partial charge on any atom is -0.319 e. The maximum Gasteiger partial charge on any atom is 0.0539 e. The van der Waals surface area contributed by atoms with E-state index < -0.39 is 0 Å². The third-order valence-electron chi connectivity index (χ3n) is 3.67. The van der Waals surface area contributed by atoms with Gasteiger partial charge in [-0.05, 0) is 57.8 Å². The van der Waals surface area contributed by atoms with Crippen LogP contribution < -0.4 is 10.8 Å². The van der Waals surface area contributed by atoms with Crippen LogP contribution in [-0.4, -0.2) is 57.0 Å². The summed E-state index contributed by atoms with van der Waals surface area (Å²) in [5.74, 6) is 0.875. The first-order chi connectivity index (χ1) is 8.63. The summed E-state index contributed by atoms with van der Waals surface area (Å²) in [7, 11) is 1.73. The molecule has 1 fully saturated rings. The van der Waals surface area contributed by atoms with Crippen LogP contribution in [0.4, 0.5) is 0 Å².